The lowest BCUT2D eigenvalue weighted by molar-refractivity contribution is 0.0692. The van der Waals surface area contributed by atoms with Crippen LogP contribution in [0.4, 0.5) is 0 Å². The van der Waals surface area contributed by atoms with Gasteiger partial charge in [0.2, 0.25) is 0 Å². The van der Waals surface area contributed by atoms with Gasteiger partial charge < -0.3 is 15.4 Å². The summed E-state index contributed by atoms with van der Waals surface area (Å²) in [5, 5.41) is 33.5. The molecule has 2 aromatic rings. The molecule has 2 rings (SSSR count). The topological polar surface area (TPSA) is 90.1 Å². The lowest BCUT2D eigenvalue weighted by Gasteiger charge is -2.24. The summed E-state index contributed by atoms with van der Waals surface area (Å²) in [5.41, 5.74) is 1.31. The Hall–Kier alpha value is -2.53. The van der Waals surface area contributed by atoms with Crippen LogP contribution in [0, 0.1) is 6.92 Å². The van der Waals surface area contributed by atoms with Crippen LogP contribution < -0.4 is 0 Å². The predicted octanol–water partition coefficient (Wildman–Crippen LogP) is 4.58. The van der Waals surface area contributed by atoms with Gasteiger partial charge >= 0.3 is 5.97 Å². The number of phenols is 1. The second-order valence-corrected chi connectivity index (χ2v) is 7.27. The van der Waals surface area contributed by atoms with E-state index in [2.05, 4.69) is 5.16 Å². The van der Waals surface area contributed by atoms with Gasteiger partial charge in [0.15, 0.2) is 0 Å². The Morgan fingerprint density at radius 2 is 1.72 bits per heavy atom. The van der Waals surface area contributed by atoms with Gasteiger partial charge in [-0.3, -0.25) is 0 Å². The summed E-state index contributed by atoms with van der Waals surface area (Å²) in [6, 6.07) is 8.34. The van der Waals surface area contributed by atoms with Crippen LogP contribution in [0.3, 0.4) is 0 Å². The van der Waals surface area contributed by atoms with Gasteiger partial charge in [0.1, 0.15) is 17.0 Å². The summed E-state index contributed by atoms with van der Waals surface area (Å²) < 4.78 is 0. The van der Waals surface area contributed by atoms with Crippen LogP contribution in [0.1, 0.15) is 53.4 Å². The van der Waals surface area contributed by atoms with E-state index >= 15 is 0 Å². The van der Waals surface area contributed by atoms with Crippen LogP contribution in [-0.4, -0.2) is 27.1 Å². The molecule has 0 heterocycles. The summed E-state index contributed by atoms with van der Waals surface area (Å²) >= 11 is 5.90. The van der Waals surface area contributed by atoms with Gasteiger partial charge in [-0.15, -0.1) is 0 Å². The maximum Gasteiger partial charge on any atom is 0.339 e. The molecular formula is C19H20ClNO4. The van der Waals surface area contributed by atoms with Crippen molar-refractivity contribution in [1.29, 1.82) is 0 Å². The average Bonchev–Trinajstić information content (AvgIpc) is 2.50. The van der Waals surface area contributed by atoms with Crippen molar-refractivity contribution in [1.82, 2.24) is 0 Å². The number of carbonyl (C=O) groups is 1. The van der Waals surface area contributed by atoms with E-state index in [4.69, 9.17) is 11.6 Å². The van der Waals surface area contributed by atoms with Crippen molar-refractivity contribution < 1.29 is 20.2 Å². The molecule has 0 bridgehead atoms. The molecule has 0 aromatic heterocycles. The molecule has 6 heteroatoms. The highest BCUT2D eigenvalue weighted by Gasteiger charge is 2.28. The number of halogens is 1. The molecule has 2 aromatic carbocycles. The Kier molecular flexibility index (Phi) is 5.09. The van der Waals surface area contributed by atoms with Crippen molar-refractivity contribution >= 4 is 23.3 Å². The summed E-state index contributed by atoms with van der Waals surface area (Å²) in [7, 11) is 0. The molecule has 0 saturated carbocycles. The first-order valence-corrected chi connectivity index (χ1v) is 8.04. The number of rotatable bonds is 3. The highest BCUT2D eigenvalue weighted by molar-refractivity contribution is 6.30. The highest BCUT2D eigenvalue weighted by atomic mass is 35.5. The van der Waals surface area contributed by atoms with E-state index < -0.39 is 11.4 Å². The molecule has 132 valence electrons. The van der Waals surface area contributed by atoms with Crippen molar-refractivity contribution in [3.05, 3.63) is 63.2 Å². The molecule has 0 amide bonds. The summed E-state index contributed by atoms with van der Waals surface area (Å²) in [4.78, 5) is 11.7. The van der Waals surface area contributed by atoms with E-state index in [1.165, 1.54) is 0 Å². The third kappa shape index (κ3) is 3.61. The number of carboxylic acid groups (broad SMARTS) is 1. The van der Waals surface area contributed by atoms with E-state index in [1.54, 1.807) is 37.3 Å². The number of hydrogen-bond acceptors (Lipinski definition) is 4. The van der Waals surface area contributed by atoms with E-state index in [-0.39, 0.29) is 17.0 Å². The number of aromatic carboxylic acids is 1. The normalized spacial score (nSPS) is 12.3. The van der Waals surface area contributed by atoms with Crippen LogP contribution in [0.5, 0.6) is 5.75 Å². The van der Waals surface area contributed by atoms with Crippen molar-refractivity contribution in [2.45, 2.75) is 33.1 Å². The summed E-state index contributed by atoms with van der Waals surface area (Å²) in [5.74, 6) is -1.51. The first-order valence-electron chi connectivity index (χ1n) is 7.66. The molecule has 0 aliphatic heterocycles. The smallest absolute Gasteiger partial charge is 0.339 e. The zero-order chi connectivity index (χ0) is 18.9. The van der Waals surface area contributed by atoms with Gasteiger partial charge in [-0.2, -0.15) is 0 Å². The predicted molar refractivity (Wildman–Crippen MR) is 97.4 cm³/mol. The molecule has 0 saturated heterocycles. The fourth-order valence-electron chi connectivity index (χ4n) is 2.72. The number of nitrogens with zero attached hydrogens (tertiary/aromatic N) is 1. The standard InChI is InChI=1S/C19H20ClNO4/c1-10-13(16(21-25)11-5-7-12(20)8-6-11)9-14(19(2,3)4)17(22)15(10)18(23)24/h5-9,22,25H,1-4H3,(H,23,24)/b21-16-. The second kappa shape index (κ2) is 6.76. The number of hydrogen-bond donors (Lipinski definition) is 3. The Morgan fingerprint density at radius 1 is 1.16 bits per heavy atom. The van der Waals surface area contributed by atoms with E-state index in [0.717, 1.165) is 0 Å². The Labute approximate surface area is 151 Å². The summed E-state index contributed by atoms with van der Waals surface area (Å²) in [6.45, 7) is 7.17. The van der Waals surface area contributed by atoms with E-state index in [1.807, 2.05) is 20.8 Å². The summed E-state index contributed by atoms with van der Waals surface area (Å²) in [6.07, 6.45) is 0. The number of carboxylic acids is 1. The van der Waals surface area contributed by atoms with Crippen LogP contribution >= 0.6 is 11.6 Å². The van der Waals surface area contributed by atoms with Crippen molar-refractivity contribution in [2.75, 3.05) is 0 Å². The van der Waals surface area contributed by atoms with E-state index in [9.17, 15) is 20.2 Å². The van der Waals surface area contributed by atoms with Crippen molar-refractivity contribution in [2.24, 2.45) is 5.16 Å². The van der Waals surface area contributed by atoms with Gasteiger partial charge in [0.25, 0.3) is 0 Å². The first-order chi connectivity index (χ1) is 11.6. The largest absolute Gasteiger partial charge is 0.507 e. The SMILES string of the molecule is Cc1c(/C(=N\O)c2ccc(Cl)cc2)cc(C(C)(C)C)c(O)c1C(=O)O. The Bertz CT molecular complexity index is 849. The Balaban J connectivity index is 2.82. The van der Waals surface area contributed by atoms with Gasteiger partial charge in [0.05, 0.1) is 0 Å². The number of oxime groups is 1. The minimum absolute atomic E-state index is 0.197. The zero-order valence-corrected chi connectivity index (χ0v) is 15.2. The maximum atomic E-state index is 11.7. The quantitative estimate of drug-likeness (QED) is 0.424. The molecule has 0 unspecified atom stereocenters. The van der Waals surface area contributed by atoms with Gasteiger partial charge in [-0.25, -0.2) is 4.79 Å². The highest BCUT2D eigenvalue weighted by Crippen LogP contribution is 2.37. The van der Waals surface area contributed by atoms with Crippen LogP contribution in [0.25, 0.3) is 0 Å². The lowest BCUT2D eigenvalue weighted by atomic mass is 9.81. The zero-order valence-electron chi connectivity index (χ0n) is 14.5. The minimum atomic E-state index is -1.24. The minimum Gasteiger partial charge on any atom is -0.507 e. The monoisotopic (exact) mass is 361 g/mol. The van der Waals surface area contributed by atoms with Crippen LogP contribution in [0.2, 0.25) is 5.02 Å². The molecule has 25 heavy (non-hydrogen) atoms. The van der Waals surface area contributed by atoms with Gasteiger partial charge in [0, 0.05) is 21.7 Å². The molecule has 0 aliphatic rings. The average molecular weight is 362 g/mol. The molecule has 3 N–H and O–H groups in total. The van der Waals surface area contributed by atoms with Crippen LogP contribution in [-0.2, 0) is 5.41 Å². The van der Waals surface area contributed by atoms with Gasteiger partial charge in [-0.1, -0.05) is 49.7 Å². The van der Waals surface area contributed by atoms with Gasteiger partial charge in [-0.05, 0) is 36.1 Å². The second-order valence-electron chi connectivity index (χ2n) is 6.83. The molecular weight excluding hydrogens is 342 g/mol. The fourth-order valence-corrected chi connectivity index (χ4v) is 2.85. The molecule has 0 spiro atoms. The molecule has 0 aliphatic carbocycles. The molecule has 5 nitrogen and oxygen atoms in total. The maximum absolute atomic E-state index is 11.7. The van der Waals surface area contributed by atoms with Crippen molar-refractivity contribution in [3.63, 3.8) is 0 Å². The van der Waals surface area contributed by atoms with Crippen LogP contribution in [0.15, 0.2) is 35.5 Å². The molecule has 0 radical (unpaired) electrons. The first kappa shape index (κ1) is 18.8. The molecule has 0 fully saturated rings. The molecule has 0 atom stereocenters. The third-order valence-corrected chi connectivity index (χ3v) is 4.31. The number of aromatic hydroxyl groups is 1. The fraction of sp³-hybridized carbons (Fsp3) is 0.263. The van der Waals surface area contributed by atoms with Crippen molar-refractivity contribution in [3.8, 4) is 5.75 Å². The van der Waals surface area contributed by atoms with E-state index in [0.29, 0.717) is 27.3 Å². The third-order valence-electron chi connectivity index (χ3n) is 4.05. The Morgan fingerprint density at radius 3 is 2.16 bits per heavy atom. The number of benzene rings is 2. The lowest BCUT2D eigenvalue weighted by Crippen LogP contribution is -2.18.